The molecule has 0 aliphatic rings. The number of H-pyrrole nitrogens is 1. The van der Waals surface area contributed by atoms with Crippen LogP contribution in [0.4, 0.5) is 0 Å². The van der Waals surface area contributed by atoms with Crippen molar-refractivity contribution in [3.05, 3.63) is 34.2 Å². The van der Waals surface area contributed by atoms with E-state index in [1.165, 1.54) is 12.3 Å². The Morgan fingerprint density at radius 2 is 2.19 bits per heavy atom. The van der Waals surface area contributed by atoms with E-state index in [1.807, 2.05) is 0 Å². The normalized spacial score (nSPS) is 10.1. The van der Waals surface area contributed by atoms with Gasteiger partial charge in [0.15, 0.2) is 0 Å². The summed E-state index contributed by atoms with van der Waals surface area (Å²) < 4.78 is 0. The second-order valence-corrected chi connectivity index (χ2v) is 3.42. The van der Waals surface area contributed by atoms with Gasteiger partial charge >= 0.3 is 0 Å². The third-order valence-corrected chi connectivity index (χ3v) is 2.08. The number of amides is 1. The molecular weight excluding hydrogens is 206 g/mol. The maximum absolute atomic E-state index is 11.5. The Morgan fingerprint density at radius 3 is 2.88 bits per heavy atom. The minimum absolute atomic E-state index is 0.151. The van der Waals surface area contributed by atoms with Crippen LogP contribution in [-0.4, -0.2) is 30.5 Å². The molecule has 0 aromatic carbocycles. The molecule has 0 spiro atoms. The second-order valence-electron chi connectivity index (χ2n) is 3.42. The Kier molecular flexibility index (Phi) is 5.28. The summed E-state index contributed by atoms with van der Waals surface area (Å²) >= 11 is 0. The van der Waals surface area contributed by atoms with Gasteiger partial charge in [-0.3, -0.25) is 9.59 Å². The smallest absolute Gasteiger partial charge is 0.260 e. The van der Waals surface area contributed by atoms with E-state index < -0.39 is 0 Å². The van der Waals surface area contributed by atoms with E-state index in [4.69, 9.17) is 0 Å². The predicted octanol–water partition coefficient (Wildman–Crippen LogP) is 0.104. The van der Waals surface area contributed by atoms with E-state index in [-0.39, 0.29) is 17.0 Å². The van der Waals surface area contributed by atoms with Crippen LogP contribution >= 0.6 is 0 Å². The summed E-state index contributed by atoms with van der Waals surface area (Å²) in [5.41, 5.74) is -0.209. The maximum atomic E-state index is 11.5. The molecule has 88 valence electrons. The number of hydrogen-bond acceptors (Lipinski definition) is 3. The molecule has 0 fully saturated rings. The van der Waals surface area contributed by atoms with Crippen molar-refractivity contribution in [3.63, 3.8) is 0 Å². The monoisotopic (exact) mass is 223 g/mol. The van der Waals surface area contributed by atoms with Crippen LogP contribution in [0.5, 0.6) is 0 Å². The van der Waals surface area contributed by atoms with E-state index >= 15 is 0 Å². The van der Waals surface area contributed by atoms with Gasteiger partial charge in [0.2, 0.25) is 0 Å². The van der Waals surface area contributed by atoms with E-state index in [0.717, 1.165) is 13.0 Å². The average Bonchev–Trinajstić information content (AvgIpc) is 2.29. The summed E-state index contributed by atoms with van der Waals surface area (Å²) in [4.78, 5) is 25.3. The number of aromatic amines is 1. The molecule has 1 amide bonds. The Balaban J connectivity index is 2.36. The average molecular weight is 223 g/mol. The summed E-state index contributed by atoms with van der Waals surface area (Å²) in [6, 6.07) is 3.14. The van der Waals surface area contributed by atoms with Crippen LogP contribution in [0.15, 0.2) is 23.1 Å². The van der Waals surface area contributed by atoms with E-state index in [9.17, 15) is 9.59 Å². The highest BCUT2D eigenvalue weighted by Crippen LogP contribution is 1.88. The van der Waals surface area contributed by atoms with Crippen molar-refractivity contribution < 1.29 is 4.79 Å². The van der Waals surface area contributed by atoms with Crippen molar-refractivity contribution in [1.29, 1.82) is 0 Å². The first-order valence-electron chi connectivity index (χ1n) is 5.42. The fourth-order valence-corrected chi connectivity index (χ4v) is 1.26. The lowest BCUT2D eigenvalue weighted by atomic mass is 10.2. The molecule has 0 saturated carbocycles. The summed E-state index contributed by atoms with van der Waals surface area (Å²) in [6.07, 6.45) is 2.56. The molecular formula is C11H17N3O2. The van der Waals surface area contributed by atoms with Gasteiger partial charge in [-0.1, -0.05) is 6.92 Å². The van der Waals surface area contributed by atoms with Crippen molar-refractivity contribution in [2.24, 2.45) is 0 Å². The number of hydrogen-bond donors (Lipinski definition) is 3. The van der Waals surface area contributed by atoms with Gasteiger partial charge in [0.05, 0.1) is 0 Å². The van der Waals surface area contributed by atoms with Gasteiger partial charge in [-0.2, -0.15) is 0 Å². The molecule has 1 aromatic rings. The third-order valence-electron chi connectivity index (χ3n) is 2.08. The molecule has 0 saturated heterocycles. The van der Waals surface area contributed by atoms with Crippen molar-refractivity contribution in [3.8, 4) is 0 Å². The molecule has 0 aliphatic heterocycles. The van der Waals surface area contributed by atoms with E-state index in [2.05, 4.69) is 22.5 Å². The maximum Gasteiger partial charge on any atom is 0.260 e. The number of rotatable bonds is 6. The number of carbonyl (C=O) groups excluding carboxylic acids is 1. The van der Waals surface area contributed by atoms with Crippen LogP contribution in [-0.2, 0) is 0 Å². The third kappa shape index (κ3) is 3.86. The lowest BCUT2D eigenvalue weighted by Gasteiger charge is -2.05. The largest absolute Gasteiger partial charge is 0.351 e. The molecule has 16 heavy (non-hydrogen) atoms. The van der Waals surface area contributed by atoms with Crippen molar-refractivity contribution in [2.45, 2.75) is 13.3 Å². The van der Waals surface area contributed by atoms with Gasteiger partial charge in [-0.15, -0.1) is 0 Å². The highest BCUT2D eigenvalue weighted by atomic mass is 16.2. The second kappa shape index (κ2) is 6.79. The molecule has 0 radical (unpaired) electrons. The Morgan fingerprint density at radius 1 is 1.38 bits per heavy atom. The van der Waals surface area contributed by atoms with Gasteiger partial charge in [0, 0.05) is 19.3 Å². The van der Waals surface area contributed by atoms with Gasteiger partial charge in [0.25, 0.3) is 11.5 Å². The van der Waals surface area contributed by atoms with E-state index in [1.54, 1.807) is 6.07 Å². The molecule has 0 aliphatic carbocycles. The summed E-state index contributed by atoms with van der Waals surface area (Å²) in [5, 5.41) is 5.83. The first-order valence-corrected chi connectivity index (χ1v) is 5.42. The lowest BCUT2D eigenvalue weighted by Crippen LogP contribution is -2.34. The van der Waals surface area contributed by atoms with Gasteiger partial charge in [-0.05, 0) is 25.1 Å². The van der Waals surface area contributed by atoms with Crippen LogP contribution < -0.4 is 16.2 Å². The molecule has 3 N–H and O–H groups in total. The number of carbonyl (C=O) groups is 1. The molecule has 0 atom stereocenters. The Bertz CT molecular complexity index is 387. The highest BCUT2D eigenvalue weighted by molar-refractivity contribution is 5.93. The zero-order chi connectivity index (χ0) is 11.8. The standard InChI is InChI=1S/C11H17N3O2/c1-2-5-12-7-8-14-11(16)9-4-3-6-13-10(9)15/h3-4,6,12H,2,5,7-8H2,1H3,(H,13,15)(H,14,16). The van der Waals surface area contributed by atoms with Gasteiger partial charge in [0.1, 0.15) is 5.56 Å². The topological polar surface area (TPSA) is 74.0 Å². The Hall–Kier alpha value is -1.62. The highest BCUT2D eigenvalue weighted by Gasteiger charge is 2.07. The first-order chi connectivity index (χ1) is 7.75. The molecule has 5 nitrogen and oxygen atoms in total. The molecule has 0 bridgehead atoms. The minimum atomic E-state index is -0.360. The van der Waals surface area contributed by atoms with Crippen LogP contribution in [0, 0.1) is 0 Å². The van der Waals surface area contributed by atoms with Gasteiger partial charge < -0.3 is 15.6 Å². The first kappa shape index (κ1) is 12.4. The molecule has 0 unspecified atom stereocenters. The van der Waals surface area contributed by atoms with Gasteiger partial charge in [-0.25, -0.2) is 0 Å². The zero-order valence-corrected chi connectivity index (χ0v) is 9.38. The molecule has 1 rings (SSSR count). The van der Waals surface area contributed by atoms with Crippen molar-refractivity contribution in [2.75, 3.05) is 19.6 Å². The zero-order valence-electron chi connectivity index (χ0n) is 9.38. The van der Waals surface area contributed by atoms with Crippen LogP contribution in [0.2, 0.25) is 0 Å². The predicted molar refractivity (Wildman–Crippen MR) is 62.6 cm³/mol. The molecule has 5 heteroatoms. The molecule has 1 heterocycles. The Labute approximate surface area is 94.3 Å². The van der Waals surface area contributed by atoms with Crippen LogP contribution in [0.1, 0.15) is 23.7 Å². The SMILES string of the molecule is CCCNCCNC(=O)c1ccc[nH]c1=O. The quantitative estimate of drug-likeness (QED) is 0.599. The van der Waals surface area contributed by atoms with Crippen LogP contribution in [0.3, 0.4) is 0 Å². The number of pyridine rings is 1. The van der Waals surface area contributed by atoms with Crippen LogP contribution in [0.25, 0.3) is 0 Å². The lowest BCUT2D eigenvalue weighted by molar-refractivity contribution is 0.0952. The molecule has 1 aromatic heterocycles. The fraction of sp³-hybridized carbons (Fsp3) is 0.455. The summed E-state index contributed by atoms with van der Waals surface area (Å²) in [5.74, 6) is -0.333. The number of nitrogens with one attached hydrogen (secondary N) is 3. The number of aromatic nitrogens is 1. The summed E-state index contributed by atoms with van der Waals surface area (Å²) in [6.45, 7) is 4.24. The minimum Gasteiger partial charge on any atom is -0.351 e. The van der Waals surface area contributed by atoms with E-state index in [0.29, 0.717) is 13.1 Å². The summed E-state index contributed by atoms with van der Waals surface area (Å²) in [7, 11) is 0. The van der Waals surface area contributed by atoms with Crippen molar-refractivity contribution in [1.82, 2.24) is 15.6 Å². The fourth-order valence-electron chi connectivity index (χ4n) is 1.26. The van der Waals surface area contributed by atoms with Crippen molar-refractivity contribution >= 4 is 5.91 Å².